The number of ether oxygens (including phenoxy) is 1. The highest BCUT2D eigenvalue weighted by atomic mass is 32.2. The molecule has 2 amide bonds. The first-order valence-electron chi connectivity index (χ1n) is 11.8. The van der Waals surface area contributed by atoms with Gasteiger partial charge in [-0.25, -0.2) is 4.79 Å². The van der Waals surface area contributed by atoms with Crippen LogP contribution in [0.25, 0.3) is 0 Å². The van der Waals surface area contributed by atoms with Crippen LogP contribution in [0.3, 0.4) is 0 Å². The van der Waals surface area contributed by atoms with Crippen LogP contribution in [0.1, 0.15) is 22.8 Å². The van der Waals surface area contributed by atoms with Crippen molar-refractivity contribution in [2.45, 2.75) is 36.1 Å². The molecule has 0 saturated carbocycles. The van der Waals surface area contributed by atoms with Gasteiger partial charge in [0.15, 0.2) is 12.1 Å². The highest BCUT2D eigenvalue weighted by molar-refractivity contribution is 8.00. The van der Waals surface area contributed by atoms with Gasteiger partial charge in [-0.2, -0.15) is 0 Å². The molecule has 3 aromatic rings. The highest BCUT2D eigenvalue weighted by Gasteiger charge is 2.58. The predicted molar refractivity (Wildman–Crippen MR) is 136 cm³/mol. The first-order valence-corrected chi connectivity index (χ1v) is 12.8. The fraction of sp³-hybridized carbons (Fsp3) is 0.250. The van der Waals surface area contributed by atoms with Crippen LogP contribution in [0, 0.1) is 0 Å². The Labute approximate surface area is 213 Å². The van der Waals surface area contributed by atoms with Crippen molar-refractivity contribution in [2.75, 3.05) is 5.75 Å². The van der Waals surface area contributed by atoms with Crippen LogP contribution in [0.15, 0.2) is 91.0 Å². The fourth-order valence-electron chi connectivity index (χ4n) is 4.61. The standard InChI is InChI=1S/C28H26N2O5S/c31-21-17-36-27-23(29-22(32)16-18-10-4-1-5-11-18)26(33)30(27)24(21)28(34)35-25(19-12-6-2-7-13-19)20-14-8-3-9-15-20/h1-15,21,23-25,27,31H,16-17H2,(H,29,32)/t21-,23+,24-,27-/m0/s1. The van der Waals surface area contributed by atoms with Crippen molar-refractivity contribution in [2.24, 2.45) is 0 Å². The number of hydrogen-bond donors (Lipinski definition) is 2. The highest BCUT2D eigenvalue weighted by Crippen LogP contribution is 2.39. The van der Waals surface area contributed by atoms with E-state index in [1.54, 1.807) is 0 Å². The zero-order valence-corrected chi connectivity index (χ0v) is 20.2. The normalized spacial score (nSPS) is 22.9. The van der Waals surface area contributed by atoms with E-state index in [2.05, 4.69) is 5.32 Å². The lowest BCUT2D eigenvalue weighted by Gasteiger charge is -2.53. The maximum Gasteiger partial charge on any atom is 0.332 e. The van der Waals surface area contributed by atoms with Crippen molar-refractivity contribution < 1.29 is 24.2 Å². The van der Waals surface area contributed by atoms with Crippen LogP contribution in [0.5, 0.6) is 0 Å². The van der Waals surface area contributed by atoms with Crippen LogP contribution in [-0.2, 0) is 25.5 Å². The molecule has 2 fully saturated rings. The Morgan fingerprint density at radius 1 is 0.944 bits per heavy atom. The quantitative estimate of drug-likeness (QED) is 0.381. The van der Waals surface area contributed by atoms with Gasteiger partial charge < -0.3 is 20.1 Å². The monoisotopic (exact) mass is 502 g/mol. The lowest BCUT2D eigenvalue weighted by atomic mass is 9.98. The average Bonchev–Trinajstić information content (AvgIpc) is 2.91. The van der Waals surface area contributed by atoms with E-state index in [1.165, 1.54) is 16.7 Å². The van der Waals surface area contributed by atoms with Crippen LogP contribution < -0.4 is 5.32 Å². The van der Waals surface area contributed by atoms with E-state index in [0.29, 0.717) is 0 Å². The number of esters is 1. The molecule has 2 aliphatic rings. The summed E-state index contributed by atoms with van der Waals surface area (Å²) < 4.78 is 5.94. The molecule has 2 N–H and O–H groups in total. The number of benzene rings is 3. The first-order chi connectivity index (χ1) is 17.5. The largest absolute Gasteiger partial charge is 0.451 e. The van der Waals surface area contributed by atoms with Gasteiger partial charge in [0.2, 0.25) is 11.8 Å². The molecule has 3 aromatic carbocycles. The lowest BCUT2D eigenvalue weighted by molar-refractivity contribution is -0.173. The Hall–Kier alpha value is -3.62. The number of nitrogens with one attached hydrogen (secondary N) is 1. The van der Waals surface area contributed by atoms with E-state index in [1.807, 2.05) is 91.0 Å². The lowest BCUT2D eigenvalue weighted by Crippen LogP contribution is -2.76. The van der Waals surface area contributed by atoms with E-state index < -0.39 is 41.5 Å². The number of hydrogen-bond acceptors (Lipinski definition) is 6. The number of carbonyl (C=O) groups excluding carboxylic acids is 3. The summed E-state index contributed by atoms with van der Waals surface area (Å²) in [7, 11) is 0. The molecule has 4 atom stereocenters. The molecular formula is C28H26N2O5S. The second kappa shape index (κ2) is 10.6. The summed E-state index contributed by atoms with van der Waals surface area (Å²) in [6.07, 6.45) is -1.60. The zero-order chi connectivity index (χ0) is 25.1. The van der Waals surface area contributed by atoms with Gasteiger partial charge >= 0.3 is 5.97 Å². The molecule has 0 radical (unpaired) electrons. The third kappa shape index (κ3) is 4.87. The van der Waals surface area contributed by atoms with Crippen molar-refractivity contribution >= 4 is 29.5 Å². The number of amides is 2. The number of fused-ring (bicyclic) bond motifs is 1. The van der Waals surface area contributed by atoms with Crippen molar-refractivity contribution in [3.8, 4) is 0 Å². The van der Waals surface area contributed by atoms with Gasteiger partial charge in [-0.3, -0.25) is 9.59 Å². The van der Waals surface area contributed by atoms with E-state index in [0.717, 1.165) is 16.7 Å². The smallest absolute Gasteiger partial charge is 0.332 e. The van der Waals surface area contributed by atoms with E-state index in [4.69, 9.17) is 4.74 Å². The van der Waals surface area contributed by atoms with E-state index in [9.17, 15) is 19.5 Å². The number of rotatable bonds is 7. The molecule has 36 heavy (non-hydrogen) atoms. The fourth-order valence-corrected chi connectivity index (χ4v) is 5.96. The van der Waals surface area contributed by atoms with Gasteiger partial charge in [0.05, 0.1) is 12.5 Å². The van der Waals surface area contributed by atoms with Crippen molar-refractivity contribution in [3.63, 3.8) is 0 Å². The molecule has 7 nitrogen and oxygen atoms in total. The van der Waals surface area contributed by atoms with Crippen LogP contribution in [0.2, 0.25) is 0 Å². The summed E-state index contributed by atoms with van der Waals surface area (Å²) in [6.45, 7) is 0. The Bertz CT molecular complexity index is 1180. The molecule has 0 unspecified atom stereocenters. The predicted octanol–water partition coefficient (Wildman–Crippen LogP) is 2.69. The minimum atomic E-state index is -1.14. The number of aliphatic hydroxyl groups is 1. The SMILES string of the molecule is O=C(Cc1ccccc1)N[C@@H]1C(=O)N2[C@H](C(=O)OC(c3ccccc3)c3ccccc3)[C@@H](O)CS[C@@H]12. The molecular weight excluding hydrogens is 476 g/mol. The van der Waals surface area contributed by atoms with E-state index in [-0.39, 0.29) is 18.1 Å². The number of β-lactam (4-membered cyclic amide) rings is 1. The number of thioether (sulfide) groups is 1. The van der Waals surface area contributed by atoms with Gasteiger partial charge in [0, 0.05) is 5.75 Å². The Kier molecular flexibility index (Phi) is 7.06. The third-order valence-corrected chi connectivity index (χ3v) is 7.76. The number of carbonyl (C=O) groups is 3. The minimum Gasteiger partial charge on any atom is -0.451 e. The molecule has 184 valence electrons. The molecule has 2 aliphatic heterocycles. The first kappa shape index (κ1) is 24.1. The Morgan fingerprint density at radius 2 is 1.50 bits per heavy atom. The summed E-state index contributed by atoms with van der Waals surface area (Å²) in [5.74, 6) is -1.09. The van der Waals surface area contributed by atoms with Crippen LogP contribution in [-0.4, -0.2) is 57.1 Å². The maximum atomic E-state index is 13.4. The summed E-state index contributed by atoms with van der Waals surface area (Å²) in [4.78, 5) is 40.3. The van der Waals surface area contributed by atoms with Gasteiger partial charge in [0.25, 0.3) is 0 Å². The number of aliphatic hydroxyl groups excluding tert-OH is 1. The molecule has 0 spiro atoms. The summed E-state index contributed by atoms with van der Waals surface area (Å²) in [5, 5.41) is 13.0. The summed E-state index contributed by atoms with van der Waals surface area (Å²) in [6, 6.07) is 26.1. The molecule has 0 bridgehead atoms. The van der Waals surface area contributed by atoms with Crippen molar-refractivity contribution in [1.82, 2.24) is 10.2 Å². The zero-order valence-electron chi connectivity index (χ0n) is 19.4. The topological polar surface area (TPSA) is 95.9 Å². The Balaban J connectivity index is 1.30. The molecule has 2 heterocycles. The molecule has 2 saturated heterocycles. The second-order valence-corrected chi connectivity index (χ2v) is 9.98. The van der Waals surface area contributed by atoms with Crippen molar-refractivity contribution in [1.29, 1.82) is 0 Å². The summed E-state index contributed by atoms with van der Waals surface area (Å²) in [5.41, 5.74) is 2.42. The average molecular weight is 503 g/mol. The summed E-state index contributed by atoms with van der Waals surface area (Å²) >= 11 is 1.35. The number of nitrogens with zero attached hydrogens (tertiary/aromatic N) is 1. The van der Waals surface area contributed by atoms with Crippen LogP contribution in [0.4, 0.5) is 0 Å². The van der Waals surface area contributed by atoms with Gasteiger partial charge in [-0.05, 0) is 16.7 Å². The van der Waals surface area contributed by atoms with Gasteiger partial charge in [-0.1, -0.05) is 91.0 Å². The third-order valence-electron chi connectivity index (χ3n) is 6.39. The van der Waals surface area contributed by atoms with E-state index >= 15 is 0 Å². The molecule has 5 rings (SSSR count). The van der Waals surface area contributed by atoms with Crippen molar-refractivity contribution in [3.05, 3.63) is 108 Å². The molecule has 0 aliphatic carbocycles. The van der Waals surface area contributed by atoms with Gasteiger partial charge in [-0.15, -0.1) is 11.8 Å². The van der Waals surface area contributed by atoms with Gasteiger partial charge in [0.1, 0.15) is 11.4 Å². The second-order valence-electron chi connectivity index (χ2n) is 8.83. The minimum absolute atomic E-state index is 0.159. The Morgan fingerprint density at radius 3 is 2.08 bits per heavy atom. The maximum absolute atomic E-state index is 13.4. The van der Waals surface area contributed by atoms with Crippen LogP contribution >= 0.6 is 11.8 Å². The molecule has 8 heteroatoms. The molecule has 0 aromatic heterocycles.